The van der Waals surface area contributed by atoms with Crippen LogP contribution in [0.5, 0.6) is 0 Å². The van der Waals surface area contributed by atoms with Gasteiger partial charge in [-0.15, -0.1) is 0 Å². The van der Waals surface area contributed by atoms with Crippen LogP contribution < -0.4 is 10.0 Å². The van der Waals surface area contributed by atoms with Crippen LogP contribution in [0.2, 0.25) is 5.02 Å². The molecule has 0 aliphatic carbocycles. The van der Waals surface area contributed by atoms with Gasteiger partial charge >= 0.3 is 6.18 Å². The summed E-state index contributed by atoms with van der Waals surface area (Å²) in [7, 11) is -3.82. The van der Waals surface area contributed by atoms with Crippen LogP contribution in [0, 0.1) is 0 Å². The van der Waals surface area contributed by atoms with E-state index in [9.17, 15) is 26.4 Å². The second-order valence-electron chi connectivity index (χ2n) is 6.86. The molecule has 10 heteroatoms. The first kappa shape index (κ1) is 24.3. The molecule has 0 fully saturated rings. The summed E-state index contributed by atoms with van der Waals surface area (Å²) in [5.41, 5.74) is -0.0491. The van der Waals surface area contributed by atoms with E-state index in [1.165, 1.54) is 24.3 Å². The molecule has 0 bridgehead atoms. The van der Waals surface area contributed by atoms with Crippen LogP contribution in [0.4, 0.5) is 18.9 Å². The molecule has 0 aliphatic rings. The van der Waals surface area contributed by atoms with Crippen LogP contribution in [-0.2, 0) is 27.5 Å². The molecule has 3 aromatic carbocycles. The third kappa shape index (κ3) is 6.59. The first-order chi connectivity index (χ1) is 15.6. The van der Waals surface area contributed by atoms with Gasteiger partial charge in [-0.05, 0) is 47.5 Å². The number of para-hydroxylation sites is 1. The fourth-order valence-electron chi connectivity index (χ4n) is 2.85. The predicted octanol–water partition coefficient (Wildman–Crippen LogP) is 5.49. The van der Waals surface area contributed by atoms with E-state index in [1.807, 2.05) is 0 Å². The van der Waals surface area contributed by atoms with Gasteiger partial charge < -0.3 is 5.32 Å². The number of halogens is 4. The fraction of sp³-hybridized carbons (Fsp3) is 0.0870. The highest BCUT2D eigenvalue weighted by Crippen LogP contribution is 2.35. The van der Waals surface area contributed by atoms with Crippen molar-refractivity contribution >= 4 is 39.3 Å². The molecule has 0 heterocycles. The number of benzene rings is 3. The maximum absolute atomic E-state index is 13.0. The number of rotatable bonds is 7. The highest BCUT2D eigenvalue weighted by atomic mass is 35.5. The van der Waals surface area contributed by atoms with Crippen LogP contribution >= 0.6 is 11.6 Å². The summed E-state index contributed by atoms with van der Waals surface area (Å²) >= 11 is 5.59. The van der Waals surface area contributed by atoms with E-state index in [-0.39, 0.29) is 22.7 Å². The second kappa shape index (κ2) is 10.1. The predicted molar refractivity (Wildman–Crippen MR) is 121 cm³/mol. The molecule has 0 atom stereocenters. The maximum atomic E-state index is 13.0. The Morgan fingerprint density at radius 2 is 1.64 bits per heavy atom. The van der Waals surface area contributed by atoms with Gasteiger partial charge in [0.15, 0.2) is 0 Å². The molecule has 3 aromatic rings. The zero-order valence-corrected chi connectivity index (χ0v) is 18.5. The molecule has 5 nitrogen and oxygen atoms in total. The minimum absolute atomic E-state index is 0.00885. The SMILES string of the molecule is O=C(C=Cc1ccc(Cl)c(C(F)(F)F)c1)NCc1ccccc1NS(=O)(=O)c1ccccc1. The van der Waals surface area contributed by atoms with Gasteiger partial charge in [0.05, 0.1) is 21.2 Å². The van der Waals surface area contributed by atoms with Crippen molar-refractivity contribution in [1.82, 2.24) is 5.32 Å². The number of sulfonamides is 1. The number of hydrogen-bond acceptors (Lipinski definition) is 3. The molecule has 0 aliphatic heterocycles. The van der Waals surface area contributed by atoms with Crippen molar-refractivity contribution in [2.24, 2.45) is 0 Å². The van der Waals surface area contributed by atoms with E-state index in [4.69, 9.17) is 11.6 Å². The smallest absolute Gasteiger partial charge is 0.348 e. The van der Waals surface area contributed by atoms with E-state index < -0.39 is 32.7 Å². The molecule has 0 saturated heterocycles. The van der Waals surface area contributed by atoms with Crippen molar-refractivity contribution in [3.63, 3.8) is 0 Å². The lowest BCUT2D eigenvalue weighted by Gasteiger charge is -2.13. The van der Waals surface area contributed by atoms with E-state index in [0.717, 1.165) is 18.2 Å². The molecule has 172 valence electrons. The molecule has 3 rings (SSSR count). The molecule has 0 saturated carbocycles. The van der Waals surface area contributed by atoms with Crippen molar-refractivity contribution in [1.29, 1.82) is 0 Å². The molecule has 0 aromatic heterocycles. The lowest BCUT2D eigenvalue weighted by atomic mass is 10.1. The Labute approximate surface area is 194 Å². The number of amides is 1. The van der Waals surface area contributed by atoms with Crippen molar-refractivity contribution in [2.45, 2.75) is 17.6 Å². The Kier molecular flexibility index (Phi) is 7.45. The van der Waals surface area contributed by atoms with Crippen molar-refractivity contribution in [2.75, 3.05) is 4.72 Å². The van der Waals surface area contributed by atoms with E-state index in [0.29, 0.717) is 5.56 Å². The number of carbonyl (C=O) groups is 1. The number of anilines is 1. The molecular formula is C23H18ClF3N2O3S. The van der Waals surface area contributed by atoms with Crippen molar-refractivity contribution in [3.8, 4) is 0 Å². The van der Waals surface area contributed by atoms with Gasteiger partial charge in [0.25, 0.3) is 10.0 Å². The first-order valence-corrected chi connectivity index (χ1v) is 11.4. The van der Waals surface area contributed by atoms with Gasteiger partial charge in [0.1, 0.15) is 0 Å². The van der Waals surface area contributed by atoms with Gasteiger partial charge in [-0.2, -0.15) is 13.2 Å². The van der Waals surface area contributed by atoms with Crippen molar-refractivity contribution < 1.29 is 26.4 Å². The molecule has 1 amide bonds. The topological polar surface area (TPSA) is 75.3 Å². The first-order valence-electron chi connectivity index (χ1n) is 9.55. The van der Waals surface area contributed by atoms with Crippen LogP contribution in [0.25, 0.3) is 6.08 Å². The zero-order chi connectivity index (χ0) is 24.1. The van der Waals surface area contributed by atoms with Crippen LogP contribution in [0.3, 0.4) is 0 Å². The largest absolute Gasteiger partial charge is 0.417 e. The summed E-state index contributed by atoms with van der Waals surface area (Å²) in [6, 6.07) is 17.7. The van der Waals surface area contributed by atoms with Crippen LogP contribution in [0.1, 0.15) is 16.7 Å². The Morgan fingerprint density at radius 1 is 0.970 bits per heavy atom. The van der Waals surface area contributed by atoms with Gasteiger partial charge in [0, 0.05) is 12.6 Å². The molecule has 2 N–H and O–H groups in total. The van der Waals surface area contributed by atoms with E-state index in [2.05, 4.69) is 10.0 Å². The van der Waals surface area contributed by atoms with Crippen LogP contribution in [-0.4, -0.2) is 14.3 Å². The lowest BCUT2D eigenvalue weighted by Crippen LogP contribution is -2.22. The molecular weight excluding hydrogens is 477 g/mol. The lowest BCUT2D eigenvalue weighted by molar-refractivity contribution is -0.137. The monoisotopic (exact) mass is 494 g/mol. The summed E-state index contributed by atoms with van der Waals surface area (Å²) < 4.78 is 66.5. The molecule has 0 radical (unpaired) electrons. The summed E-state index contributed by atoms with van der Waals surface area (Å²) in [4.78, 5) is 12.3. The number of carbonyl (C=O) groups excluding carboxylic acids is 1. The fourth-order valence-corrected chi connectivity index (χ4v) is 4.20. The quantitative estimate of drug-likeness (QED) is 0.426. The average Bonchev–Trinajstić information content (AvgIpc) is 2.77. The minimum Gasteiger partial charge on any atom is -0.348 e. The zero-order valence-electron chi connectivity index (χ0n) is 16.9. The van der Waals surface area contributed by atoms with Crippen molar-refractivity contribution in [3.05, 3.63) is 101 Å². The normalized spacial score (nSPS) is 12.0. The Bertz CT molecular complexity index is 1280. The summed E-state index contributed by atoms with van der Waals surface area (Å²) in [6.07, 6.45) is -2.30. The Balaban J connectivity index is 1.68. The number of alkyl halides is 3. The number of nitrogens with one attached hydrogen (secondary N) is 2. The highest BCUT2D eigenvalue weighted by Gasteiger charge is 2.33. The average molecular weight is 495 g/mol. The third-order valence-electron chi connectivity index (χ3n) is 4.49. The van der Waals surface area contributed by atoms with Crippen LogP contribution in [0.15, 0.2) is 83.8 Å². The van der Waals surface area contributed by atoms with Gasteiger partial charge in [-0.25, -0.2) is 8.42 Å². The molecule has 0 spiro atoms. The standard InChI is InChI=1S/C23H18ClF3N2O3S/c24-20-12-10-16(14-19(20)23(25,26)27)11-13-22(30)28-15-17-6-4-5-9-21(17)29-33(31,32)18-7-2-1-3-8-18/h1-14,29H,15H2,(H,28,30). The molecule has 0 unspecified atom stereocenters. The Morgan fingerprint density at radius 3 is 2.33 bits per heavy atom. The highest BCUT2D eigenvalue weighted by molar-refractivity contribution is 7.92. The molecule has 33 heavy (non-hydrogen) atoms. The summed E-state index contributed by atoms with van der Waals surface area (Å²) in [5.74, 6) is -0.570. The minimum atomic E-state index is -4.61. The number of hydrogen-bond donors (Lipinski definition) is 2. The van der Waals surface area contributed by atoms with Gasteiger partial charge in [-0.3, -0.25) is 9.52 Å². The van der Waals surface area contributed by atoms with Gasteiger partial charge in [0.2, 0.25) is 5.91 Å². The van der Waals surface area contributed by atoms with E-state index in [1.54, 1.807) is 42.5 Å². The Hall–Kier alpha value is -3.30. The summed E-state index contributed by atoms with van der Waals surface area (Å²) in [5, 5.41) is 2.15. The third-order valence-corrected chi connectivity index (χ3v) is 6.20. The van der Waals surface area contributed by atoms with Gasteiger partial charge in [-0.1, -0.05) is 54.1 Å². The maximum Gasteiger partial charge on any atom is 0.417 e. The summed E-state index contributed by atoms with van der Waals surface area (Å²) in [6.45, 7) is -0.00885. The van der Waals surface area contributed by atoms with E-state index >= 15 is 0 Å². The second-order valence-corrected chi connectivity index (χ2v) is 8.95.